The lowest BCUT2D eigenvalue weighted by molar-refractivity contribution is -0.138. The van der Waals surface area contributed by atoms with Gasteiger partial charge in [0.25, 0.3) is 0 Å². The molecule has 0 saturated heterocycles. The Morgan fingerprint density at radius 1 is 1.75 bits per heavy atom. The van der Waals surface area contributed by atoms with E-state index in [1.54, 1.807) is 0 Å². The van der Waals surface area contributed by atoms with Gasteiger partial charge >= 0.3 is 5.97 Å². The zero-order chi connectivity index (χ0) is 6.41. The van der Waals surface area contributed by atoms with E-state index in [0.717, 1.165) is 0 Å². The largest absolute Gasteiger partial charge is 0.456 e. The van der Waals surface area contributed by atoms with Crippen LogP contribution in [-0.4, -0.2) is 19.7 Å². The van der Waals surface area contributed by atoms with Crippen LogP contribution in [0.1, 0.15) is 6.92 Å². The van der Waals surface area contributed by atoms with Gasteiger partial charge in [0, 0.05) is 14.0 Å². The molecule has 3 heteroatoms. The second-order valence-electron chi connectivity index (χ2n) is 1.23. The molecule has 0 bridgehead atoms. The van der Waals surface area contributed by atoms with Crippen LogP contribution in [0.4, 0.5) is 0 Å². The molecular weight excluding hydrogens is 108 g/mol. The van der Waals surface area contributed by atoms with E-state index in [-0.39, 0.29) is 5.97 Å². The van der Waals surface area contributed by atoms with Crippen molar-refractivity contribution >= 4 is 5.97 Å². The molecule has 1 radical (unpaired) electrons. The highest BCUT2D eigenvalue weighted by molar-refractivity contribution is 5.66. The van der Waals surface area contributed by atoms with Crippen LogP contribution in [0.3, 0.4) is 0 Å². The fourth-order valence-corrected chi connectivity index (χ4v) is 0.219. The molecule has 0 amide bonds. The molecule has 0 aromatic carbocycles. The van der Waals surface area contributed by atoms with Gasteiger partial charge in [-0.15, -0.1) is 0 Å². The summed E-state index contributed by atoms with van der Waals surface area (Å²) < 4.78 is 8.95. The van der Waals surface area contributed by atoms with Crippen LogP contribution in [0.2, 0.25) is 0 Å². The second-order valence-corrected chi connectivity index (χ2v) is 1.23. The van der Waals surface area contributed by atoms with Crippen molar-refractivity contribution in [2.45, 2.75) is 6.92 Å². The first kappa shape index (κ1) is 7.43. The van der Waals surface area contributed by atoms with Crippen LogP contribution in [0.15, 0.2) is 0 Å². The van der Waals surface area contributed by atoms with Crippen molar-refractivity contribution in [3.05, 3.63) is 6.61 Å². The van der Waals surface area contributed by atoms with Gasteiger partial charge in [-0.1, -0.05) is 0 Å². The van der Waals surface area contributed by atoms with Gasteiger partial charge < -0.3 is 9.47 Å². The maximum Gasteiger partial charge on any atom is 0.303 e. The van der Waals surface area contributed by atoms with Gasteiger partial charge in [0.05, 0.1) is 6.61 Å². The Balaban J connectivity index is 2.82. The summed E-state index contributed by atoms with van der Waals surface area (Å²) in [6.45, 7) is 2.99. The van der Waals surface area contributed by atoms with Crippen molar-refractivity contribution in [1.82, 2.24) is 0 Å². The molecule has 0 aliphatic carbocycles. The van der Waals surface area contributed by atoms with Gasteiger partial charge in [-0.05, 0) is 0 Å². The number of methoxy groups -OCH3 is 1. The molecule has 0 unspecified atom stereocenters. The Kier molecular flexibility index (Phi) is 4.26. The van der Waals surface area contributed by atoms with Crippen molar-refractivity contribution in [2.75, 3.05) is 13.7 Å². The average molecular weight is 117 g/mol. The van der Waals surface area contributed by atoms with E-state index in [2.05, 4.69) is 9.47 Å². The van der Waals surface area contributed by atoms with Crippen molar-refractivity contribution in [2.24, 2.45) is 0 Å². The van der Waals surface area contributed by atoms with E-state index in [0.29, 0.717) is 6.61 Å². The maximum atomic E-state index is 10.0. The summed E-state index contributed by atoms with van der Waals surface area (Å²) >= 11 is 0. The summed E-state index contributed by atoms with van der Waals surface area (Å²) in [6.07, 6.45) is 0. The molecule has 0 spiro atoms. The lowest BCUT2D eigenvalue weighted by Crippen LogP contribution is -1.99. The molecule has 0 aromatic rings. The third-order valence-corrected chi connectivity index (χ3v) is 0.484. The average Bonchev–Trinajstić information content (AvgIpc) is 1.66. The smallest absolute Gasteiger partial charge is 0.303 e. The third kappa shape index (κ3) is 5.43. The topological polar surface area (TPSA) is 35.5 Å². The molecule has 0 saturated carbocycles. The number of carbonyl (C=O) groups is 1. The summed E-state index contributed by atoms with van der Waals surface area (Å²) in [7, 11) is 1.53. The number of carbonyl (C=O) groups excluding carboxylic acids is 1. The van der Waals surface area contributed by atoms with E-state index >= 15 is 0 Å². The number of esters is 1. The Labute approximate surface area is 48.6 Å². The molecule has 0 rings (SSSR count). The fraction of sp³-hybridized carbons (Fsp3) is 0.600. The van der Waals surface area contributed by atoms with Crippen LogP contribution in [0, 0.1) is 6.61 Å². The number of hydrogen-bond acceptors (Lipinski definition) is 3. The van der Waals surface area contributed by atoms with E-state index in [9.17, 15) is 4.79 Å². The highest BCUT2D eigenvalue weighted by Gasteiger charge is 1.89. The fourth-order valence-electron chi connectivity index (χ4n) is 0.219. The standard InChI is InChI=1S/C5H9O3/c1-5(6)8-4-3-7-2/h4H,3H2,1-2H3. The van der Waals surface area contributed by atoms with Gasteiger partial charge in [-0.25, -0.2) is 0 Å². The molecule has 0 atom stereocenters. The van der Waals surface area contributed by atoms with Crippen LogP contribution in [0.5, 0.6) is 0 Å². The molecular formula is C5H9O3. The van der Waals surface area contributed by atoms with Crippen molar-refractivity contribution in [3.8, 4) is 0 Å². The van der Waals surface area contributed by atoms with E-state index in [1.807, 2.05) is 0 Å². The van der Waals surface area contributed by atoms with E-state index < -0.39 is 0 Å². The van der Waals surface area contributed by atoms with Gasteiger partial charge in [-0.2, -0.15) is 0 Å². The Morgan fingerprint density at radius 2 is 2.38 bits per heavy atom. The number of ether oxygens (including phenoxy) is 2. The summed E-state index contributed by atoms with van der Waals surface area (Å²) in [5, 5.41) is 0. The highest BCUT2D eigenvalue weighted by atomic mass is 16.6. The molecule has 8 heavy (non-hydrogen) atoms. The molecule has 0 aliphatic heterocycles. The lowest BCUT2D eigenvalue weighted by atomic mass is 10.7. The number of hydrogen-bond donors (Lipinski definition) is 0. The zero-order valence-corrected chi connectivity index (χ0v) is 5.01. The van der Waals surface area contributed by atoms with E-state index in [1.165, 1.54) is 20.6 Å². The van der Waals surface area contributed by atoms with Gasteiger partial charge in [0.1, 0.15) is 0 Å². The Morgan fingerprint density at radius 3 is 2.75 bits per heavy atom. The number of rotatable bonds is 3. The van der Waals surface area contributed by atoms with Crippen molar-refractivity contribution in [1.29, 1.82) is 0 Å². The Bertz CT molecular complexity index is 70.1. The zero-order valence-electron chi connectivity index (χ0n) is 5.01. The van der Waals surface area contributed by atoms with Gasteiger partial charge in [0.2, 0.25) is 0 Å². The minimum atomic E-state index is -0.318. The molecule has 0 aromatic heterocycles. The van der Waals surface area contributed by atoms with Crippen molar-refractivity contribution in [3.63, 3.8) is 0 Å². The molecule has 3 nitrogen and oxygen atoms in total. The second kappa shape index (κ2) is 4.59. The lowest BCUT2D eigenvalue weighted by Gasteiger charge is -1.96. The SMILES string of the molecule is COC[CH]OC(C)=O. The van der Waals surface area contributed by atoms with E-state index in [4.69, 9.17) is 0 Å². The molecule has 0 N–H and O–H groups in total. The Hall–Kier alpha value is -0.570. The summed E-state index contributed by atoms with van der Waals surface area (Å²) in [4.78, 5) is 10.0. The van der Waals surface area contributed by atoms with Crippen LogP contribution in [0.25, 0.3) is 0 Å². The first-order valence-electron chi connectivity index (χ1n) is 2.25. The molecule has 0 fully saturated rings. The van der Waals surface area contributed by atoms with Gasteiger partial charge in [0.15, 0.2) is 6.61 Å². The first-order chi connectivity index (χ1) is 3.77. The maximum absolute atomic E-state index is 10.0. The molecule has 0 heterocycles. The first-order valence-corrected chi connectivity index (χ1v) is 2.25. The quantitative estimate of drug-likeness (QED) is 0.395. The third-order valence-electron chi connectivity index (χ3n) is 0.484. The molecule has 47 valence electrons. The highest BCUT2D eigenvalue weighted by Crippen LogP contribution is 1.81. The van der Waals surface area contributed by atoms with Crippen LogP contribution in [-0.2, 0) is 14.3 Å². The van der Waals surface area contributed by atoms with Crippen molar-refractivity contribution < 1.29 is 14.3 Å². The normalized spacial score (nSPS) is 8.75. The predicted octanol–water partition coefficient (Wildman–Crippen LogP) is 0.358. The van der Waals surface area contributed by atoms with Crippen LogP contribution >= 0.6 is 0 Å². The minimum absolute atomic E-state index is 0.318. The van der Waals surface area contributed by atoms with Crippen LogP contribution < -0.4 is 0 Å². The summed E-state index contributed by atoms with van der Waals surface area (Å²) in [5.74, 6) is -0.318. The molecule has 0 aliphatic rings. The monoisotopic (exact) mass is 117 g/mol. The van der Waals surface area contributed by atoms with Gasteiger partial charge in [-0.3, -0.25) is 4.79 Å². The summed E-state index contributed by atoms with van der Waals surface area (Å²) in [6, 6.07) is 0. The summed E-state index contributed by atoms with van der Waals surface area (Å²) in [5.41, 5.74) is 0. The minimum Gasteiger partial charge on any atom is -0.456 e. The predicted molar refractivity (Wildman–Crippen MR) is 27.9 cm³/mol.